The third-order valence-corrected chi connectivity index (χ3v) is 5.84. The van der Waals surface area contributed by atoms with E-state index in [1.165, 1.54) is 0 Å². The highest BCUT2D eigenvalue weighted by Gasteiger charge is 2.34. The van der Waals surface area contributed by atoms with E-state index in [9.17, 15) is 14.4 Å². The van der Waals surface area contributed by atoms with Crippen LogP contribution in [0, 0.1) is 0 Å². The fraction of sp³-hybridized carbons (Fsp3) is 0.400. The molecule has 0 bridgehead atoms. The molecule has 2 aliphatic heterocycles. The SMILES string of the molecule is CCOC(=O)c1ccccc1NC(=O)CN1C[C@H](C(=O)N2CCCCC2)Oc2ccccc21. The molecule has 0 radical (unpaired) electrons. The first-order valence-corrected chi connectivity index (χ1v) is 11.4. The predicted octanol–water partition coefficient (Wildman–Crippen LogP) is 3.08. The van der Waals surface area contributed by atoms with Crippen LogP contribution in [-0.4, -0.2) is 61.6 Å². The van der Waals surface area contributed by atoms with Gasteiger partial charge in [-0.3, -0.25) is 9.59 Å². The first-order chi connectivity index (χ1) is 16.1. The number of hydrogen-bond donors (Lipinski definition) is 1. The molecule has 0 aromatic heterocycles. The summed E-state index contributed by atoms with van der Waals surface area (Å²) < 4.78 is 11.1. The third-order valence-electron chi connectivity index (χ3n) is 5.84. The Hall–Kier alpha value is -3.55. The molecule has 2 aliphatic rings. The molecule has 4 rings (SSSR count). The molecule has 0 unspecified atom stereocenters. The fourth-order valence-corrected chi connectivity index (χ4v) is 4.25. The molecule has 0 aliphatic carbocycles. The highest BCUT2D eigenvalue weighted by Crippen LogP contribution is 2.33. The minimum Gasteiger partial charge on any atom is -0.477 e. The smallest absolute Gasteiger partial charge is 0.340 e. The minimum atomic E-state index is -0.669. The average Bonchev–Trinajstić information content (AvgIpc) is 2.84. The lowest BCUT2D eigenvalue weighted by molar-refractivity contribution is -0.139. The quantitative estimate of drug-likeness (QED) is 0.679. The van der Waals surface area contributed by atoms with E-state index in [4.69, 9.17) is 9.47 Å². The number of hydrogen-bond acceptors (Lipinski definition) is 6. The van der Waals surface area contributed by atoms with Crippen molar-refractivity contribution in [1.29, 1.82) is 0 Å². The standard InChI is InChI=1S/C25H29N3O5/c1-2-32-25(31)18-10-4-5-11-19(18)26-23(29)17-28-16-22(24(30)27-14-8-3-9-15-27)33-21-13-7-6-12-20(21)28/h4-7,10-13,22H,2-3,8-9,14-17H2,1H3,(H,26,29)/t22-/m1/s1. The van der Waals surface area contributed by atoms with Crippen molar-refractivity contribution in [3.05, 3.63) is 54.1 Å². The van der Waals surface area contributed by atoms with Gasteiger partial charge in [-0.2, -0.15) is 0 Å². The van der Waals surface area contributed by atoms with Gasteiger partial charge in [0.05, 0.1) is 36.6 Å². The van der Waals surface area contributed by atoms with E-state index >= 15 is 0 Å². The Bertz CT molecular complexity index is 1020. The number of benzene rings is 2. The number of nitrogens with one attached hydrogen (secondary N) is 1. The Labute approximate surface area is 193 Å². The molecular formula is C25H29N3O5. The number of rotatable bonds is 6. The molecule has 1 atom stereocenters. The van der Waals surface area contributed by atoms with Crippen molar-refractivity contribution in [3.63, 3.8) is 0 Å². The topological polar surface area (TPSA) is 88.2 Å². The molecule has 33 heavy (non-hydrogen) atoms. The summed E-state index contributed by atoms with van der Waals surface area (Å²) in [5, 5.41) is 2.82. The molecule has 8 nitrogen and oxygen atoms in total. The number of likely N-dealkylation sites (tertiary alicyclic amines) is 1. The average molecular weight is 452 g/mol. The summed E-state index contributed by atoms with van der Waals surface area (Å²) in [5.41, 5.74) is 1.45. The molecule has 2 amide bonds. The van der Waals surface area contributed by atoms with Gasteiger partial charge in [-0.15, -0.1) is 0 Å². The van der Waals surface area contributed by atoms with Gasteiger partial charge in [0.1, 0.15) is 5.75 Å². The summed E-state index contributed by atoms with van der Waals surface area (Å²) in [6, 6.07) is 14.1. The maximum atomic E-state index is 13.1. The van der Waals surface area contributed by atoms with Crippen LogP contribution in [0.25, 0.3) is 0 Å². The van der Waals surface area contributed by atoms with Gasteiger partial charge in [-0.05, 0) is 50.5 Å². The van der Waals surface area contributed by atoms with Gasteiger partial charge in [-0.25, -0.2) is 4.79 Å². The van der Waals surface area contributed by atoms with Crippen molar-refractivity contribution in [2.24, 2.45) is 0 Å². The van der Waals surface area contributed by atoms with E-state index in [0.29, 0.717) is 17.0 Å². The number of esters is 1. The number of carbonyl (C=O) groups is 3. The Morgan fingerprint density at radius 1 is 1.03 bits per heavy atom. The van der Waals surface area contributed by atoms with E-state index in [1.54, 1.807) is 31.2 Å². The van der Waals surface area contributed by atoms with Gasteiger partial charge in [0.2, 0.25) is 5.91 Å². The number of ether oxygens (including phenoxy) is 2. The zero-order chi connectivity index (χ0) is 23.2. The van der Waals surface area contributed by atoms with Crippen LogP contribution in [0.5, 0.6) is 5.75 Å². The predicted molar refractivity (Wildman–Crippen MR) is 125 cm³/mol. The van der Waals surface area contributed by atoms with E-state index < -0.39 is 12.1 Å². The number of nitrogens with zero attached hydrogens (tertiary/aromatic N) is 2. The van der Waals surface area contributed by atoms with Crippen molar-refractivity contribution in [2.45, 2.75) is 32.3 Å². The van der Waals surface area contributed by atoms with Gasteiger partial charge >= 0.3 is 5.97 Å². The summed E-state index contributed by atoms with van der Waals surface area (Å²) in [6.07, 6.45) is 2.47. The number of para-hydroxylation sites is 3. The molecule has 1 N–H and O–H groups in total. The van der Waals surface area contributed by atoms with Crippen LogP contribution in [0.3, 0.4) is 0 Å². The second kappa shape index (κ2) is 10.4. The molecule has 2 heterocycles. The Kier molecular flexibility index (Phi) is 7.12. The van der Waals surface area contributed by atoms with Crippen molar-refractivity contribution in [1.82, 2.24) is 4.90 Å². The first kappa shape index (κ1) is 22.6. The molecule has 0 saturated carbocycles. The minimum absolute atomic E-state index is 0.0152. The van der Waals surface area contributed by atoms with Gasteiger partial charge < -0.3 is 24.6 Å². The molecule has 2 aromatic rings. The maximum Gasteiger partial charge on any atom is 0.340 e. The molecule has 0 spiro atoms. The highest BCUT2D eigenvalue weighted by atomic mass is 16.5. The molecule has 1 fully saturated rings. The molecular weight excluding hydrogens is 422 g/mol. The van der Waals surface area contributed by atoms with Gasteiger partial charge in [0.15, 0.2) is 6.10 Å². The first-order valence-electron chi connectivity index (χ1n) is 11.4. The van der Waals surface area contributed by atoms with Crippen LogP contribution < -0.4 is 15.0 Å². The summed E-state index contributed by atoms with van der Waals surface area (Å²) in [7, 11) is 0. The normalized spacial score (nSPS) is 17.5. The largest absolute Gasteiger partial charge is 0.477 e. The Morgan fingerprint density at radius 3 is 2.55 bits per heavy atom. The van der Waals surface area contributed by atoms with Crippen molar-refractivity contribution in [2.75, 3.05) is 43.0 Å². The van der Waals surface area contributed by atoms with Crippen LogP contribution in [-0.2, 0) is 14.3 Å². The van der Waals surface area contributed by atoms with E-state index in [-0.39, 0.29) is 31.5 Å². The lowest BCUT2D eigenvalue weighted by Crippen LogP contribution is -2.52. The lowest BCUT2D eigenvalue weighted by Gasteiger charge is -2.38. The maximum absolute atomic E-state index is 13.1. The second-order valence-electron chi connectivity index (χ2n) is 8.15. The zero-order valence-electron chi connectivity index (χ0n) is 18.8. The number of piperidine rings is 1. The van der Waals surface area contributed by atoms with Crippen LogP contribution in [0.1, 0.15) is 36.5 Å². The lowest BCUT2D eigenvalue weighted by atomic mass is 10.1. The van der Waals surface area contributed by atoms with Gasteiger partial charge in [-0.1, -0.05) is 24.3 Å². The number of anilines is 2. The van der Waals surface area contributed by atoms with Gasteiger partial charge in [0.25, 0.3) is 5.91 Å². The van der Waals surface area contributed by atoms with Crippen LogP contribution >= 0.6 is 0 Å². The van der Waals surface area contributed by atoms with Crippen molar-refractivity contribution >= 4 is 29.2 Å². The van der Waals surface area contributed by atoms with E-state index in [1.807, 2.05) is 34.1 Å². The van der Waals surface area contributed by atoms with E-state index in [2.05, 4.69) is 5.32 Å². The summed E-state index contributed by atoms with van der Waals surface area (Å²) in [4.78, 5) is 42.0. The second-order valence-corrected chi connectivity index (χ2v) is 8.15. The fourth-order valence-electron chi connectivity index (χ4n) is 4.25. The molecule has 174 valence electrons. The zero-order valence-corrected chi connectivity index (χ0v) is 18.8. The highest BCUT2D eigenvalue weighted by molar-refractivity contribution is 6.02. The Balaban J connectivity index is 1.49. The number of carbonyl (C=O) groups excluding carboxylic acids is 3. The van der Waals surface area contributed by atoms with Crippen molar-refractivity contribution < 1.29 is 23.9 Å². The third kappa shape index (κ3) is 5.27. The summed E-state index contributed by atoms with van der Waals surface area (Å²) in [5.74, 6) is -0.244. The van der Waals surface area contributed by atoms with Crippen molar-refractivity contribution in [3.8, 4) is 5.75 Å². The van der Waals surface area contributed by atoms with Gasteiger partial charge in [0, 0.05) is 13.1 Å². The van der Waals surface area contributed by atoms with Crippen LogP contribution in [0.2, 0.25) is 0 Å². The molecule has 1 saturated heterocycles. The number of amides is 2. The van der Waals surface area contributed by atoms with E-state index in [0.717, 1.165) is 38.0 Å². The summed E-state index contributed by atoms with van der Waals surface area (Å²) in [6.45, 7) is 3.76. The molecule has 8 heteroatoms. The molecule has 2 aromatic carbocycles. The van der Waals surface area contributed by atoms with Crippen LogP contribution in [0.4, 0.5) is 11.4 Å². The summed E-state index contributed by atoms with van der Waals surface area (Å²) >= 11 is 0. The monoisotopic (exact) mass is 451 g/mol. The number of fused-ring (bicyclic) bond motifs is 1. The Morgan fingerprint density at radius 2 is 1.76 bits per heavy atom. The van der Waals surface area contributed by atoms with Crippen LogP contribution in [0.15, 0.2) is 48.5 Å².